The quantitative estimate of drug-likeness (QED) is 0.704. The lowest BCUT2D eigenvalue weighted by atomic mass is 10.1. The number of hydrogen-bond acceptors (Lipinski definition) is 6. The highest BCUT2D eigenvalue weighted by Gasteiger charge is 2.37. The van der Waals surface area contributed by atoms with Gasteiger partial charge in [0.15, 0.2) is 9.84 Å². The predicted octanol–water partition coefficient (Wildman–Crippen LogP) is 1.24. The molecular formula is C20H31N3O4S. The summed E-state index contributed by atoms with van der Waals surface area (Å²) in [4.78, 5) is 19.3. The number of anilines is 1. The second-order valence-corrected chi connectivity index (χ2v) is 9.78. The first-order chi connectivity index (χ1) is 13.4. The van der Waals surface area contributed by atoms with Gasteiger partial charge in [0, 0.05) is 38.8 Å². The average Bonchev–Trinajstić information content (AvgIpc) is 3.07. The maximum absolute atomic E-state index is 13.1. The molecule has 2 saturated heterocycles. The summed E-state index contributed by atoms with van der Waals surface area (Å²) >= 11 is 0. The monoisotopic (exact) mass is 409 g/mol. The van der Waals surface area contributed by atoms with Crippen LogP contribution in [-0.2, 0) is 14.6 Å². The third-order valence-corrected chi connectivity index (χ3v) is 7.67. The smallest absolute Gasteiger partial charge is 0.239 e. The van der Waals surface area contributed by atoms with Gasteiger partial charge in [0.2, 0.25) is 5.91 Å². The zero-order chi connectivity index (χ0) is 20.3. The van der Waals surface area contributed by atoms with Gasteiger partial charge in [0.05, 0.1) is 30.3 Å². The Hall–Kier alpha value is -1.80. The molecule has 7 nitrogen and oxygen atoms in total. The molecule has 0 unspecified atom stereocenters. The summed E-state index contributed by atoms with van der Waals surface area (Å²) in [5.41, 5.74) is 1.08. The molecule has 1 amide bonds. The summed E-state index contributed by atoms with van der Waals surface area (Å²) in [6, 6.07) is 7.56. The third kappa shape index (κ3) is 4.43. The van der Waals surface area contributed by atoms with Crippen LogP contribution >= 0.6 is 0 Å². The number of hydrogen-bond donors (Lipinski definition) is 0. The molecule has 156 valence electrons. The Kier molecular flexibility index (Phi) is 6.50. The van der Waals surface area contributed by atoms with Crippen molar-refractivity contribution in [3.63, 3.8) is 0 Å². The molecule has 8 heteroatoms. The topological polar surface area (TPSA) is 70.2 Å². The van der Waals surface area contributed by atoms with Gasteiger partial charge in [-0.05, 0) is 32.4 Å². The van der Waals surface area contributed by atoms with E-state index in [-0.39, 0.29) is 29.5 Å². The van der Waals surface area contributed by atoms with Gasteiger partial charge in [-0.25, -0.2) is 8.42 Å². The lowest BCUT2D eigenvalue weighted by Gasteiger charge is -2.40. The van der Waals surface area contributed by atoms with Crippen molar-refractivity contribution >= 4 is 21.4 Å². The van der Waals surface area contributed by atoms with Crippen molar-refractivity contribution in [3.05, 3.63) is 24.3 Å². The van der Waals surface area contributed by atoms with Crippen LogP contribution in [0.25, 0.3) is 0 Å². The van der Waals surface area contributed by atoms with E-state index in [9.17, 15) is 13.2 Å². The highest BCUT2D eigenvalue weighted by atomic mass is 32.2. The van der Waals surface area contributed by atoms with Crippen LogP contribution < -0.4 is 9.64 Å². The van der Waals surface area contributed by atoms with E-state index < -0.39 is 9.84 Å². The van der Waals surface area contributed by atoms with Gasteiger partial charge >= 0.3 is 0 Å². The minimum absolute atomic E-state index is 0.0374. The fraction of sp³-hybridized carbons (Fsp3) is 0.650. The second kappa shape index (κ2) is 8.69. The molecule has 0 bridgehead atoms. The summed E-state index contributed by atoms with van der Waals surface area (Å²) < 4.78 is 29.1. The molecule has 1 aromatic carbocycles. The maximum Gasteiger partial charge on any atom is 0.239 e. The average molecular weight is 410 g/mol. The molecule has 2 aliphatic heterocycles. The van der Waals surface area contributed by atoms with E-state index in [4.69, 9.17) is 4.74 Å². The van der Waals surface area contributed by atoms with Gasteiger partial charge < -0.3 is 14.5 Å². The molecule has 2 heterocycles. The van der Waals surface area contributed by atoms with Gasteiger partial charge in [0.1, 0.15) is 5.75 Å². The molecular weight excluding hydrogens is 378 g/mol. The van der Waals surface area contributed by atoms with Gasteiger partial charge in [0.25, 0.3) is 0 Å². The normalized spacial score (nSPS) is 23.4. The lowest BCUT2D eigenvalue weighted by molar-refractivity contribution is -0.138. The van der Waals surface area contributed by atoms with Crippen molar-refractivity contribution in [2.45, 2.75) is 32.4 Å². The van der Waals surface area contributed by atoms with Crippen molar-refractivity contribution in [3.8, 4) is 5.75 Å². The number of sulfone groups is 1. The Bertz CT molecular complexity index is 790. The number of amides is 1. The van der Waals surface area contributed by atoms with Crippen molar-refractivity contribution in [2.24, 2.45) is 0 Å². The van der Waals surface area contributed by atoms with E-state index >= 15 is 0 Å². The van der Waals surface area contributed by atoms with E-state index in [0.29, 0.717) is 13.0 Å². The highest BCUT2D eigenvalue weighted by molar-refractivity contribution is 7.91. The Morgan fingerprint density at radius 3 is 2.50 bits per heavy atom. The number of methoxy groups -OCH3 is 1. The number of rotatable bonds is 6. The van der Waals surface area contributed by atoms with Crippen LogP contribution in [0.4, 0.5) is 5.69 Å². The number of ether oxygens (including phenoxy) is 1. The van der Waals surface area contributed by atoms with Crippen LogP contribution in [0.2, 0.25) is 0 Å². The summed E-state index contributed by atoms with van der Waals surface area (Å²) in [5, 5.41) is 0. The fourth-order valence-corrected chi connectivity index (χ4v) is 5.98. The molecule has 2 aliphatic rings. The first kappa shape index (κ1) is 20.9. The van der Waals surface area contributed by atoms with Gasteiger partial charge in [-0.15, -0.1) is 0 Å². The molecule has 0 aliphatic carbocycles. The van der Waals surface area contributed by atoms with E-state index in [1.165, 1.54) is 0 Å². The van der Waals surface area contributed by atoms with E-state index in [0.717, 1.165) is 37.6 Å². The molecule has 3 rings (SSSR count). The SMILES string of the molecule is CCN(C(=O)[C@@H](C)N1CCN(c2ccccc2OC)CC1)[C@@H]1CCS(=O)(=O)C1. The fourth-order valence-electron chi connectivity index (χ4n) is 4.25. The molecule has 0 radical (unpaired) electrons. The van der Waals surface area contributed by atoms with Crippen LogP contribution in [0.5, 0.6) is 5.75 Å². The largest absolute Gasteiger partial charge is 0.495 e. The van der Waals surface area contributed by atoms with Crippen LogP contribution in [0.15, 0.2) is 24.3 Å². The lowest BCUT2D eigenvalue weighted by Crippen LogP contribution is -2.56. The summed E-state index contributed by atoms with van der Waals surface area (Å²) in [6.07, 6.45) is 0.552. The first-order valence-electron chi connectivity index (χ1n) is 9.99. The zero-order valence-electron chi connectivity index (χ0n) is 17.0. The molecule has 1 aromatic rings. The van der Waals surface area contributed by atoms with E-state index in [1.54, 1.807) is 12.0 Å². The number of likely N-dealkylation sites (N-methyl/N-ethyl adjacent to an activating group) is 1. The van der Waals surface area contributed by atoms with Crippen LogP contribution in [-0.4, -0.2) is 87.5 Å². The first-order valence-corrected chi connectivity index (χ1v) is 11.8. The molecule has 0 N–H and O–H groups in total. The molecule has 28 heavy (non-hydrogen) atoms. The van der Waals surface area contributed by atoms with Crippen molar-refractivity contribution in [1.82, 2.24) is 9.80 Å². The second-order valence-electron chi connectivity index (χ2n) is 7.55. The highest BCUT2D eigenvalue weighted by Crippen LogP contribution is 2.29. The van der Waals surface area contributed by atoms with Crippen molar-refractivity contribution < 1.29 is 17.9 Å². The number of carbonyl (C=O) groups excluding carboxylic acids is 1. The number of benzene rings is 1. The number of nitrogens with zero attached hydrogens (tertiary/aromatic N) is 3. The van der Waals surface area contributed by atoms with E-state index in [1.807, 2.05) is 32.0 Å². The Labute approximate surface area is 168 Å². The summed E-state index contributed by atoms with van der Waals surface area (Å²) in [6.45, 7) is 7.62. The van der Waals surface area contributed by atoms with Crippen LogP contribution in [0.3, 0.4) is 0 Å². The molecule has 0 spiro atoms. The summed E-state index contributed by atoms with van der Waals surface area (Å²) in [7, 11) is -1.33. The Morgan fingerprint density at radius 1 is 1.25 bits per heavy atom. The third-order valence-electron chi connectivity index (χ3n) is 5.92. The van der Waals surface area contributed by atoms with Gasteiger partial charge in [-0.3, -0.25) is 9.69 Å². The van der Waals surface area contributed by atoms with Crippen molar-refractivity contribution in [2.75, 3.05) is 56.2 Å². The minimum Gasteiger partial charge on any atom is -0.495 e. The Balaban J connectivity index is 1.61. The summed E-state index contributed by atoms with van der Waals surface area (Å²) in [5.74, 6) is 1.18. The number of piperazine rings is 1. The minimum atomic E-state index is -3.01. The zero-order valence-corrected chi connectivity index (χ0v) is 17.8. The van der Waals surface area contributed by atoms with Gasteiger partial charge in [-0.1, -0.05) is 12.1 Å². The predicted molar refractivity (Wildman–Crippen MR) is 111 cm³/mol. The molecule has 2 fully saturated rings. The maximum atomic E-state index is 13.1. The Morgan fingerprint density at radius 2 is 1.93 bits per heavy atom. The standard InChI is InChI=1S/C20H31N3O4S/c1-4-23(17-9-14-28(25,26)15-17)20(24)16(2)21-10-12-22(13-11-21)18-7-5-6-8-19(18)27-3/h5-8,16-17H,4,9-15H2,1-3H3/t16-,17-/m1/s1. The van der Waals surface area contributed by atoms with Crippen LogP contribution in [0.1, 0.15) is 20.3 Å². The molecule has 0 aromatic heterocycles. The van der Waals surface area contributed by atoms with Crippen molar-refractivity contribution in [1.29, 1.82) is 0 Å². The number of para-hydroxylation sites is 2. The molecule has 2 atom stereocenters. The molecule has 0 saturated carbocycles. The number of carbonyl (C=O) groups is 1. The van der Waals surface area contributed by atoms with Gasteiger partial charge in [-0.2, -0.15) is 0 Å². The van der Waals surface area contributed by atoms with Crippen LogP contribution in [0, 0.1) is 0 Å². The van der Waals surface area contributed by atoms with E-state index in [2.05, 4.69) is 15.9 Å².